The van der Waals surface area contributed by atoms with Crippen LogP contribution >= 0.6 is 0 Å². The van der Waals surface area contributed by atoms with Gasteiger partial charge >= 0.3 is 0 Å². The van der Waals surface area contributed by atoms with E-state index < -0.39 is 35.3 Å². The third-order valence-electron chi connectivity index (χ3n) is 3.66. The Morgan fingerprint density at radius 1 is 1.24 bits per heavy atom. The van der Waals surface area contributed by atoms with Crippen molar-refractivity contribution in [2.45, 2.75) is 33.2 Å². The lowest BCUT2D eigenvalue weighted by molar-refractivity contribution is 0.0919. The van der Waals surface area contributed by atoms with Crippen molar-refractivity contribution < 1.29 is 18.0 Å². The minimum atomic E-state index is -2.91. The molecule has 0 saturated carbocycles. The van der Waals surface area contributed by atoms with Crippen molar-refractivity contribution in [3.63, 3.8) is 0 Å². The fraction of sp³-hybridized carbons (Fsp3) is 0.353. The highest BCUT2D eigenvalue weighted by atomic mass is 19.3. The molecule has 0 aliphatic carbocycles. The molecular formula is C17H18F3N3O2. The zero-order valence-electron chi connectivity index (χ0n) is 13.9. The van der Waals surface area contributed by atoms with E-state index in [0.717, 1.165) is 18.2 Å². The molecule has 25 heavy (non-hydrogen) atoms. The largest absolute Gasteiger partial charge is 0.344 e. The average molecular weight is 353 g/mol. The van der Waals surface area contributed by atoms with E-state index in [9.17, 15) is 22.8 Å². The first-order valence-corrected chi connectivity index (χ1v) is 7.65. The standard InChI is InChI=1S/C17H18F3N3O2/c1-8(2)15(10-4-5-11(16(19)20)12(18)6-10)23-17(25)13-7-14(24)22-9(3)21-13/h4-8,15-16H,1-3H3,(H,23,25)(H,21,22,24)/t15-/m1/s1. The van der Waals surface area contributed by atoms with E-state index in [1.54, 1.807) is 13.8 Å². The van der Waals surface area contributed by atoms with Gasteiger partial charge in [0, 0.05) is 6.07 Å². The number of benzene rings is 1. The predicted octanol–water partition coefficient (Wildman–Crippen LogP) is 3.28. The Kier molecular flexibility index (Phi) is 5.61. The Morgan fingerprint density at radius 3 is 2.44 bits per heavy atom. The van der Waals surface area contributed by atoms with E-state index in [0.29, 0.717) is 5.56 Å². The van der Waals surface area contributed by atoms with Gasteiger partial charge in [0.1, 0.15) is 17.3 Å². The zero-order chi connectivity index (χ0) is 18.7. The number of carbonyl (C=O) groups is 1. The number of amides is 1. The zero-order valence-corrected chi connectivity index (χ0v) is 13.9. The number of halogens is 3. The first-order chi connectivity index (χ1) is 11.7. The van der Waals surface area contributed by atoms with Crippen LogP contribution in [-0.4, -0.2) is 15.9 Å². The van der Waals surface area contributed by atoms with Gasteiger partial charge in [0.2, 0.25) is 0 Å². The Hall–Kier alpha value is -2.64. The summed E-state index contributed by atoms with van der Waals surface area (Å²) in [7, 11) is 0. The van der Waals surface area contributed by atoms with Crippen LogP contribution < -0.4 is 10.9 Å². The molecule has 0 fully saturated rings. The summed E-state index contributed by atoms with van der Waals surface area (Å²) >= 11 is 0. The SMILES string of the molecule is Cc1nc(C(=O)N[C@@H](c2ccc(C(F)F)c(F)c2)C(C)C)cc(=O)[nH]1. The van der Waals surface area contributed by atoms with E-state index >= 15 is 0 Å². The summed E-state index contributed by atoms with van der Waals surface area (Å²) in [4.78, 5) is 30.2. The molecule has 134 valence electrons. The molecule has 2 rings (SSSR count). The van der Waals surface area contributed by atoms with Crippen molar-refractivity contribution in [3.05, 3.63) is 63.1 Å². The number of aromatic nitrogens is 2. The first kappa shape index (κ1) is 18.7. The number of aryl methyl sites for hydroxylation is 1. The second-order valence-electron chi connectivity index (χ2n) is 5.99. The van der Waals surface area contributed by atoms with Crippen LogP contribution in [0.2, 0.25) is 0 Å². The average Bonchev–Trinajstić information content (AvgIpc) is 2.50. The smallest absolute Gasteiger partial charge is 0.270 e. The van der Waals surface area contributed by atoms with Gasteiger partial charge in [-0.3, -0.25) is 9.59 Å². The van der Waals surface area contributed by atoms with Crippen LogP contribution in [0.1, 0.15) is 53.8 Å². The normalized spacial score (nSPS) is 12.5. The summed E-state index contributed by atoms with van der Waals surface area (Å²) in [6.07, 6.45) is -2.91. The topological polar surface area (TPSA) is 74.8 Å². The summed E-state index contributed by atoms with van der Waals surface area (Å²) in [6, 6.07) is 3.77. The van der Waals surface area contributed by atoms with E-state index in [2.05, 4.69) is 15.3 Å². The maximum absolute atomic E-state index is 13.8. The first-order valence-electron chi connectivity index (χ1n) is 7.65. The second kappa shape index (κ2) is 7.50. The van der Waals surface area contributed by atoms with Gasteiger partial charge < -0.3 is 10.3 Å². The van der Waals surface area contributed by atoms with Crippen LogP contribution in [0.5, 0.6) is 0 Å². The minimum absolute atomic E-state index is 0.0726. The fourth-order valence-electron chi connectivity index (χ4n) is 2.46. The summed E-state index contributed by atoms with van der Waals surface area (Å²) in [6.45, 7) is 5.12. The van der Waals surface area contributed by atoms with Gasteiger partial charge in [0.05, 0.1) is 11.6 Å². The lowest BCUT2D eigenvalue weighted by atomic mass is 9.94. The summed E-state index contributed by atoms with van der Waals surface area (Å²) in [5, 5.41) is 2.67. The number of nitrogens with zero attached hydrogens (tertiary/aromatic N) is 1. The molecule has 1 heterocycles. The minimum Gasteiger partial charge on any atom is -0.344 e. The highest BCUT2D eigenvalue weighted by molar-refractivity contribution is 5.92. The molecule has 0 saturated heterocycles. The Morgan fingerprint density at radius 2 is 1.92 bits per heavy atom. The number of rotatable bonds is 5. The number of nitrogens with one attached hydrogen (secondary N) is 2. The summed E-state index contributed by atoms with van der Waals surface area (Å²) < 4.78 is 39.2. The van der Waals surface area contributed by atoms with Crippen molar-refractivity contribution >= 4 is 5.91 Å². The molecule has 1 amide bonds. The Bertz CT molecular complexity index is 834. The molecular weight excluding hydrogens is 335 g/mol. The number of carbonyl (C=O) groups excluding carboxylic acids is 1. The summed E-state index contributed by atoms with van der Waals surface area (Å²) in [5.41, 5.74) is -0.876. The number of hydrogen-bond acceptors (Lipinski definition) is 3. The highest BCUT2D eigenvalue weighted by Gasteiger charge is 2.22. The molecule has 2 N–H and O–H groups in total. The van der Waals surface area contributed by atoms with Crippen molar-refractivity contribution in [2.75, 3.05) is 0 Å². The van der Waals surface area contributed by atoms with E-state index in [1.807, 2.05) is 0 Å². The quantitative estimate of drug-likeness (QED) is 0.866. The third kappa shape index (κ3) is 4.46. The molecule has 1 atom stereocenters. The molecule has 0 aliphatic heterocycles. The lowest BCUT2D eigenvalue weighted by Gasteiger charge is -2.23. The molecule has 2 aromatic rings. The van der Waals surface area contributed by atoms with Gasteiger partial charge in [-0.15, -0.1) is 0 Å². The second-order valence-corrected chi connectivity index (χ2v) is 5.99. The predicted molar refractivity (Wildman–Crippen MR) is 86.0 cm³/mol. The lowest BCUT2D eigenvalue weighted by Crippen LogP contribution is -2.33. The van der Waals surface area contributed by atoms with Crippen molar-refractivity contribution in [2.24, 2.45) is 5.92 Å². The maximum Gasteiger partial charge on any atom is 0.270 e. The number of alkyl halides is 2. The van der Waals surface area contributed by atoms with Crippen LogP contribution in [-0.2, 0) is 0 Å². The molecule has 5 nitrogen and oxygen atoms in total. The van der Waals surface area contributed by atoms with E-state index in [-0.39, 0.29) is 17.4 Å². The van der Waals surface area contributed by atoms with Crippen LogP contribution in [0, 0.1) is 18.7 Å². The Balaban J connectivity index is 2.31. The third-order valence-corrected chi connectivity index (χ3v) is 3.66. The van der Waals surface area contributed by atoms with E-state index in [1.165, 1.54) is 13.0 Å². The number of hydrogen-bond donors (Lipinski definition) is 2. The van der Waals surface area contributed by atoms with Crippen LogP contribution in [0.3, 0.4) is 0 Å². The van der Waals surface area contributed by atoms with Crippen molar-refractivity contribution in [3.8, 4) is 0 Å². The van der Waals surface area contributed by atoms with Gasteiger partial charge in [-0.1, -0.05) is 26.0 Å². The fourth-order valence-corrected chi connectivity index (χ4v) is 2.46. The Labute approximate surface area is 142 Å². The van der Waals surface area contributed by atoms with Gasteiger partial charge in [-0.05, 0) is 24.5 Å². The van der Waals surface area contributed by atoms with Crippen molar-refractivity contribution in [1.82, 2.24) is 15.3 Å². The maximum atomic E-state index is 13.8. The molecule has 0 unspecified atom stereocenters. The molecule has 0 bridgehead atoms. The summed E-state index contributed by atoms with van der Waals surface area (Å²) in [5.74, 6) is -1.50. The van der Waals surface area contributed by atoms with Gasteiger partial charge in [-0.25, -0.2) is 18.2 Å². The highest BCUT2D eigenvalue weighted by Crippen LogP contribution is 2.28. The molecule has 8 heteroatoms. The molecule has 1 aromatic carbocycles. The molecule has 0 aliphatic rings. The number of H-pyrrole nitrogens is 1. The van der Waals surface area contributed by atoms with Gasteiger partial charge in [-0.2, -0.15) is 0 Å². The molecule has 1 aromatic heterocycles. The molecule has 0 spiro atoms. The van der Waals surface area contributed by atoms with Gasteiger partial charge in [0.15, 0.2) is 0 Å². The van der Waals surface area contributed by atoms with Crippen LogP contribution in [0.4, 0.5) is 13.2 Å². The van der Waals surface area contributed by atoms with Crippen LogP contribution in [0.15, 0.2) is 29.1 Å². The van der Waals surface area contributed by atoms with Gasteiger partial charge in [0.25, 0.3) is 17.9 Å². The monoisotopic (exact) mass is 353 g/mol. The van der Waals surface area contributed by atoms with Crippen LogP contribution in [0.25, 0.3) is 0 Å². The number of aromatic amines is 1. The molecule has 0 radical (unpaired) electrons. The van der Waals surface area contributed by atoms with Crippen molar-refractivity contribution in [1.29, 1.82) is 0 Å². The van der Waals surface area contributed by atoms with E-state index in [4.69, 9.17) is 0 Å².